The average Bonchev–Trinajstić information content (AvgIpc) is 3.38. The Morgan fingerprint density at radius 3 is 2.53 bits per heavy atom. The number of thiazole rings is 2. The van der Waals surface area contributed by atoms with Gasteiger partial charge in [-0.3, -0.25) is 10.1 Å². The molecule has 1 fully saturated rings. The van der Waals surface area contributed by atoms with Gasteiger partial charge in [0.2, 0.25) is 10.0 Å². The number of rotatable bonds is 5. The SMILES string of the molecule is Cc1nc2c(ccc3nc(NC(=O)c4ccc(S(=O)(=O)N(C)C5CC5)cc4)sc32)s1. The van der Waals surface area contributed by atoms with Crippen LogP contribution in [0.3, 0.4) is 0 Å². The van der Waals surface area contributed by atoms with E-state index in [4.69, 9.17) is 0 Å². The van der Waals surface area contributed by atoms with E-state index in [0.717, 1.165) is 38.3 Å². The van der Waals surface area contributed by atoms with Gasteiger partial charge in [-0.25, -0.2) is 18.4 Å². The topological polar surface area (TPSA) is 92.3 Å². The van der Waals surface area contributed by atoms with Crippen LogP contribution >= 0.6 is 22.7 Å². The van der Waals surface area contributed by atoms with Crippen LogP contribution in [0.5, 0.6) is 0 Å². The molecule has 10 heteroatoms. The van der Waals surface area contributed by atoms with Gasteiger partial charge < -0.3 is 0 Å². The second kappa shape index (κ2) is 7.09. The molecule has 2 heterocycles. The van der Waals surface area contributed by atoms with Crippen LogP contribution in [0.2, 0.25) is 0 Å². The first-order chi connectivity index (χ1) is 14.3. The molecular weight excluding hydrogens is 440 g/mol. The number of carbonyl (C=O) groups is 1. The smallest absolute Gasteiger partial charge is 0.257 e. The summed E-state index contributed by atoms with van der Waals surface area (Å²) in [6.45, 7) is 1.96. The van der Waals surface area contributed by atoms with Crippen molar-refractivity contribution < 1.29 is 13.2 Å². The molecule has 0 spiro atoms. The number of aromatic nitrogens is 2. The van der Waals surface area contributed by atoms with Crippen LogP contribution < -0.4 is 5.32 Å². The molecule has 1 aliphatic rings. The molecule has 154 valence electrons. The third-order valence-corrected chi connectivity index (χ3v) is 8.95. The zero-order chi connectivity index (χ0) is 21.0. The largest absolute Gasteiger partial charge is 0.298 e. The summed E-state index contributed by atoms with van der Waals surface area (Å²) in [7, 11) is -1.93. The number of aryl methyl sites for hydroxylation is 1. The number of fused-ring (bicyclic) bond motifs is 3. The number of nitrogens with one attached hydrogen (secondary N) is 1. The number of nitrogens with zero attached hydrogens (tertiary/aromatic N) is 3. The van der Waals surface area contributed by atoms with Gasteiger partial charge in [0.05, 0.1) is 24.8 Å². The fourth-order valence-corrected chi connectivity index (χ4v) is 6.56. The van der Waals surface area contributed by atoms with Crippen LogP contribution in [-0.2, 0) is 10.0 Å². The molecule has 2 aromatic heterocycles. The predicted octanol–water partition coefficient (Wildman–Crippen LogP) is 4.25. The van der Waals surface area contributed by atoms with Gasteiger partial charge in [0.25, 0.3) is 5.91 Å². The molecule has 7 nitrogen and oxygen atoms in total. The van der Waals surface area contributed by atoms with Crippen molar-refractivity contribution in [1.29, 1.82) is 0 Å². The molecule has 0 saturated heterocycles. The van der Waals surface area contributed by atoms with E-state index in [1.54, 1.807) is 18.4 Å². The van der Waals surface area contributed by atoms with Crippen LogP contribution in [0.4, 0.5) is 5.13 Å². The summed E-state index contributed by atoms with van der Waals surface area (Å²) >= 11 is 3.01. The van der Waals surface area contributed by atoms with Crippen molar-refractivity contribution in [1.82, 2.24) is 14.3 Å². The maximum absolute atomic E-state index is 12.7. The first-order valence-corrected chi connectivity index (χ1v) is 12.5. The Labute approximate surface area is 181 Å². The normalized spacial score (nSPS) is 14.6. The maximum atomic E-state index is 12.7. The summed E-state index contributed by atoms with van der Waals surface area (Å²) in [6, 6.07) is 10.0. The monoisotopic (exact) mass is 458 g/mol. The van der Waals surface area contributed by atoms with Crippen LogP contribution in [0.25, 0.3) is 20.4 Å². The number of hydrogen-bond acceptors (Lipinski definition) is 7. The molecule has 0 unspecified atom stereocenters. The van der Waals surface area contributed by atoms with Crippen molar-refractivity contribution in [3.8, 4) is 0 Å². The summed E-state index contributed by atoms with van der Waals surface area (Å²) in [6.07, 6.45) is 1.79. The van der Waals surface area contributed by atoms with Crippen molar-refractivity contribution in [2.24, 2.45) is 0 Å². The summed E-state index contributed by atoms with van der Waals surface area (Å²) < 4.78 is 28.7. The molecule has 0 aliphatic heterocycles. The van der Waals surface area contributed by atoms with E-state index < -0.39 is 10.0 Å². The minimum Gasteiger partial charge on any atom is -0.298 e. The number of amides is 1. The molecule has 1 aliphatic carbocycles. The Balaban J connectivity index is 1.38. The van der Waals surface area contributed by atoms with E-state index in [2.05, 4.69) is 15.3 Å². The lowest BCUT2D eigenvalue weighted by Crippen LogP contribution is -2.29. The highest BCUT2D eigenvalue weighted by atomic mass is 32.2. The molecule has 1 saturated carbocycles. The second-order valence-corrected chi connectivity index (χ2v) is 11.5. The Morgan fingerprint density at radius 2 is 1.83 bits per heavy atom. The van der Waals surface area contributed by atoms with Gasteiger partial charge in [-0.1, -0.05) is 11.3 Å². The fourth-order valence-electron chi connectivity index (χ4n) is 3.29. The molecule has 1 amide bonds. The third-order valence-electron chi connectivity index (χ3n) is 5.10. The van der Waals surface area contributed by atoms with Gasteiger partial charge >= 0.3 is 0 Å². The molecule has 0 radical (unpaired) electrons. The Bertz CT molecular complexity index is 1390. The maximum Gasteiger partial charge on any atom is 0.257 e. The van der Waals surface area contributed by atoms with Gasteiger partial charge in [-0.15, -0.1) is 11.3 Å². The van der Waals surface area contributed by atoms with Crippen molar-refractivity contribution in [2.75, 3.05) is 12.4 Å². The summed E-state index contributed by atoms with van der Waals surface area (Å²) in [5, 5.41) is 4.28. The molecule has 4 aromatic rings. The van der Waals surface area contributed by atoms with E-state index in [-0.39, 0.29) is 16.8 Å². The number of sulfonamides is 1. The summed E-state index contributed by atoms with van der Waals surface area (Å²) in [4.78, 5) is 21.9. The van der Waals surface area contributed by atoms with Crippen molar-refractivity contribution in [3.63, 3.8) is 0 Å². The van der Waals surface area contributed by atoms with E-state index in [0.29, 0.717) is 10.7 Å². The predicted molar refractivity (Wildman–Crippen MR) is 120 cm³/mol. The van der Waals surface area contributed by atoms with Crippen molar-refractivity contribution in [2.45, 2.75) is 30.7 Å². The number of carbonyl (C=O) groups excluding carboxylic acids is 1. The minimum atomic E-state index is -3.53. The van der Waals surface area contributed by atoms with Crippen LogP contribution in [0.15, 0.2) is 41.3 Å². The zero-order valence-electron chi connectivity index (χ0n) is 16.2. The lowest BCUT2D eigenvalue weighted by molar-refractivity contribution is 0.102. The van der Waals surface area contributed by atoms with Gasteiger partial charge in [-0.2, -0.15) is 4.31 Å². The van der Waals surface area contributed by atoms with E-state index in [9.17, 15) is 13.2 Å². The van der Waals surface area contributed by atoms with Crippen LogP contribution in [0, 0.1) is 6.92 Å². The van der Waals surface area contributed by atoms with Crippen molar-refractivity contribution in [3.05, 3.63) is 47.0 Å². The van der Waals surface area contributed by atoms with Gasteiger partial charge in [-0.05, 0) is 56.2 Å². The average molecular weight is 459 g/mol. The minimum absolute atomic E-state index is 0.0879. The highest BCUT2D eigenvalue weighted by molar-refractivity contribution is 7.89. The van der Waals surface area contributed by atoms with Crippen molar-refractivity contribution >= 4 is 64.2 Å². The molecule has 0 bridgehead atoms. The van der Waals surface area contributed by atoms with Crippen LogP contribution in [0.1, 0.15) is 28.2 Å². The third kappa shape index (κ3) is 3.39. The number of benzene rings is 2. The fraction of sp³-hybridized carbons (Fsp3) is 0.250. The first kappa shape index (κ1) is 19.6. The lowest BCUT2D eigenvalue weighted by atomic mass is 10.2. The molecular formula is C20H18N4O3S3. The summed E-state index contributed by atoms with van der Waals surface area (Å²) in [5.74, 6) is -0.334. The summed E-state index contributed by atoms with van der Waals surface area (Å²) in [5.41, 5.74) is 2.07. The van der Waals surface area contributed by atoms with E-state index in [1.807, 2.05) is 19.1 Å². The molecule has 30 heavy (non-hydrogen) atoms. The Morgan fingerprint density at radius 1 is 1.10 bits per heavy atom. The van der Waals surface area contributed by atoms with Gasteiger partial charge in [0.15, 0.2) is 5.13 Å². The zero-order valence-corrected chi connectivity index (χ0v) is 18.7. The standard InChI is InChI=1S/C20H18N4O3S3/c1-11-21-17-16(28-11)10-9-15-18(17)29-20(22-15)23-19(25)12-3-7-14(8-4-12)30(26,27)24(2)13-5-6-13/h3-4,7-10,13H,5-6H2,1-2H3,(H,22,23,25). The van der Waals surface area contributed by atoms with Gasteiger partial charge in [0, 0.05) is 18.7 Å². The Hall–Kier alpha value is -2.40. The Kier molecular flexibility index (Phi) is 4.62. The number of anilines is 1. The highest BCUT2D eigenvalue weighted by Crippen LogP contribution is 2.35. The highest BCUT2D eigenvalue weighted by Gasteiger charge is 2.35. The van der Waals surface area contributed by atoms with Gasteiger partial charge in [0.1, 0.15) is 5.52 Å². The van der Waals surface area contributed by atoms with E-state index in [1.165, 1.54) is 39.9 Å². The van der Waals surface area contributed by atoms with E-state index >= 15 is 0 Å². The molecule has 1 N–H and O–H groups in total. The number of hydrogen-bond donors (Lipinski definition) is 1. The first-order valence-electron chi connectivity index (χ1n) is 9.39. The quantitative estimate of drug-likeness (QED) is 0.483. The molecule has 5 rings (SSSR count). The lowest BCUT2D eigenvalue weighted by Gasteiger charge is -2.16. The van der Waals surface area contributed by atoms with Crippen LogP contribution in [-0.4, -0.2) is 41.7 Å². The molecule has 2 aromatic carbocycles. The second-order valence-electron chi connectivity index (χ2n) is 7.24. The molecule has 0 atom stereocenters.